The summed E-state index contributed by atoms with van der Waals surface area (Å²) in [6.07, 6.45) is -1.37. The lowest BCUT2D eigenvalue weighted by Gasteiger charge is -2.22. The van der Waals surface area contributed by atoms with Gasteiger partial charge in [0.1, 0.15) is 16.8 Å². The van der Waals surface area contributed by atoms with Crippen LogP contribution in [0.2, 0.25) is 0 Å². The van der Waals surface area contributed by atoms with Crippen molar-refractivity contribution in [3.63, 3.8) is 0 Å². The van der Waals surface area contributed by atoms with E-state index < -0.39 is 35.2 Å². The second kappa shape index (κ2) is 24.0. The van der Waals surface area contributed by atoms with Crippen LogP contribution in [0.15, 0.2) is 109 Å². The quantitative estimate of drug-likeness (QED) is 0.0727. The Morgan fingerprint density at radius 1 is 0.544 bits per heavy atom. The van der Waals surface area contributed by atoms with Gasteiger partial charge in [-0.15, -0.1) is 12.4 Å². The van der Waals surface area contributed by atoms with E-state index in [2.05, 4.69) is 58.6 Å². The minimum absolute atomic E-state index is 0. The molecule has 0 aliphatic heterocycles. The minimum atomic E-state index is -1.06. The van der Waals surface area contributed by atoms with Crippen molar-refractivity contribution in [1.82, 2.24) is 5.32 Å². The Bertz CT molecular complexity index is 1720. The van der Waals surface area contributed by atoms with Gasteiger partial charge in [-0.1, -0.05) is 109 Å². The second-order valence-electron chi connectivity index (χ2n) is 16.0. The molecule has 1 amide bonds. The molecule has 4 aromatic carbocycles. The Labute approximate surface area is 344 Å². The summed E-state index contributed by atoms with van der Waals surface area (Å²) in [6, 6.07) is 36.3. The number of hydrogen-bond donors (Lipinski definition) is 4. The van der Waals surface area contributed by atoms with Gasteiger partial charge >= 0.3 is 18.4 Å². The molecule has 4 rings (SSSR count). The molecule has 11 nitrogen and oxygen atoms in total. The Hall–Kier alpha value is -4.94. The van der Waals surface area contributed by atoms with E-state index in [9.17, 15) is 19.5 Å². The number of aliphatic hydroxyl groups is 2. The summed E-state index contributed by atoms with van der Waals surface area (Å²) >= 11 is 0. The molecule has 0 unspecified atom stereocenters. The molecule has 0 spiro atoms. The number of ether oxygens (including phenoxy) is 4. The fraction of sp³-hybridized carbons (Fsp3) is 0.400. The fourth-order valence-corrected chi connectivity index (χ4v) is 4.82. The summed E-state index contributed by atoms with van der Waals surface area (Å²) in [5, 5.41) is 21.1. The molecule has 0 heterocycles. The monoisotopic (exact) mass is 808 g/mol. The number of amides is 1. The lowest BCUT2D eigenvalue weighted by atomic mass is 10.0. The van der Waals surface area contributed by atoms with E-state index in [-0.39, 0.29) is 37.7 Å². The van der Waals surface area contributed by atoms with E-state index in [0.29, 0.717) is 12.8 Å². The molecule has 57 heavy (non-hydrogen) atoms. The molecule has 312 valence electrons. The summed E-state index contributed by atoms with van der Waals surface area (Å²) in [7, 11) is 0. The van der Waals surface area contributed by atoms with Crippen LogP contribution in [0.5, 0.6) is 0 Å². The highest BCUT2D eigenvalue weighted by molar-refractivity contribution is 5.85. The molecule has 0 saturated heterocycles. The first-order valence-electron chi connectivity index (χ1n) is 18.6. The first-order chi connectivity index (χ1) is 26.2. The minimum Gasteiger partial charge on any atom is -0.444 e. The van der Waals surface area contributed by atoms with Crippen LogP contribution in [0, 0.1) is 0 Å². The van der Waals surface area contributed by atoms with Crippen molar-refractivity contribution in [3.8, 4) is 22.3 Å². The number of alkyl carbamates (subject to hydrolysis) is 1. The average molecular weight is 809 g/mol. The number of halogens is 1. The molecule has 0 bridgehead atoms. The first kappa shape index (κ1) is 50.1. The number of nitrogens with one attached hydrogen (secondary N) is 1. The van der Waals surface area contributed by atoms with Crippen LogP contribution in [-0.2, 0) is 31.8 Å². The second-order valence-corrected chi connectivity index (χ2v) is 16.0. The zero-order valence-electron chi connectivity index (χ0n) is 34.6. The largest absolute Gasteiger partial charge is 0.519 e. The molecular formula is C45H61ClN2O9. The number of hydrogen-bond acceptors (Lipinski definition) is 10. The van der Waals surface area contributed by atoms with Gasteiger partial charge in [0.2, 0.25) is 0 Å². The van der Waals surface area contributed by atoms with Gasteiger partial charge < -0.3 is 40.2 Å². The SMILES string of the molecule is CC(C)(C)OC(=O)N[C@@H](CO)Cc1ccc(-c2ccccc2)cc1.CC(C)(C)OC(=O)OC(=O)OC(C)(C)C.Cl.N[C@@H](CO)Cc1ccc(-c2ccccc2)cc1. The van der Waals surface area contributed by atoms with Gasteiger partial charge in [-0.25, -0.2) is 14.4 Å². The number of carbonyl (C=O) groups is 3. The lowest BCUT2D eigenvalue weighted by molar-refractivity contribution is -0.0294. The van der Waals surface area contributed by atoms with E-state index in [4.69, 9.17) is 25.1 Å². The Kier molecular flexibility index (Phi) is 21.1. The zero-order valence-corrected chi connectivity index (χ0v) is 35.4. The van der Waals surface area contributed by atoms with Crippen LogP contribution in [0.25, 0.3) is 22.3 Å². The molecule has 4 aromatic rings. The zero-order chi connectivity index (χ0) is 41.9. The van der Waals surface area contributed by atoms with Gasteiger partial charge in [-0.3, -0.25) is 0 Å². The highest BCUT2D eigenvalue weighted by Crippen LogP contribution is 2.21. The molecule has 0 aliphatic rings. The molecule has 0 radical (unpaired) electrons. The highest BCUT2D eigenvalue weighted by Gasteiger charge is 2.24. The highest BCUT2D eigenvalue weighted by atomic mass is 35.5. The van der Waals surface area contributed by atoms with Gasteiger partial charge in [-0.2, -0.15) is 0 Å². The molecular weight excluding hydrogens is 748 g/mol. The summed E-state index contributed by atoms with van der Waals surface area (Å²) in [4.78, 5) is 33.8. The van der Waals surface area contributed by atoms with Crippen LogP contribution in [0.1, 0.15) is 73.4 Å². The first-order valence-corrected chi connectivity index (χ1v) is 18.6. The third-order valence-electron chi connectivity index (χ3n) is 7.22. The molecule has 0 aliphatic carbocycles. The predicted molar refractivity (Wildman–Crippen MR) is 227 cm³/mol. The summed E-state index contributed by atoms with van der Waals surface area (Å²) in [5.41, 5.74) is 10.7. The normalized spacial score (nSPS) is 12.1. The van der Waals surface area contributed by atoms with E-state index in [1.165, 1.54) is 11.1 Å². The van der Waals surface area contributed by atoms with Crippen molar-refractivity contribution in [2.75, 3.05) is 13.2 Å². The topological polar surface area (TPSA) is 167 Å². The predicted octanol–water partition coefficient (Wildman–Crippen LogP) is 9.29. The van der Waals surface area contributed by atoms with Gasteiger partial charge in [0.15, 0.2) is 0 Å². The van der Waals surface area contributed by atoms with Crippen LogP contribution in [-0.4, -0.2) is 70.7 Å². The number of aliphatic hydroxyl groups excluding tert-OH is 2. The number of carbonyl (C=O) groups excluding carboxylic acids is 3. The molecule has 12 heteroatoms. The van der Waals surface area contributed by atoms with Crippen LogP contribution >= 0.6 is 12.4 Å². The Balaban J connectivity index is 0.000000439. The van der Waals surface area contributed by atoms with Crippen LogP contribution < -0.4 is 11.1 Å². The molecule has 0 fully saturated rings. The van der Waals surface area contributed by atoms with Gasteiger partial charge in [0, 0.05) is 6.04 Å². The molecule has 2 atom stereocenters. The molecule has 0 saturated carbocycles. The van der Waals surface area contributed by atoms with E-state index in [0.717, 1.165) is 22.3 Å². The van der Waals surface area contributed by atoms with Crippen molar-refractivity contribution >= 4 is 30.8 Å². The van der Waals surface area contributed by atoms with Gasteiger partial charge in [-0.05, 0) is 109 Å². The van der Waals surface area contributed by atoms with Crippen LogP contribution in [0.4, 0.5) is 14.4 Å². The van der Waals surface area contributed by atoms with E-state index in [1.54, 1.807) is 41.5 Å². The standard InChI is InChI=1S/C20H25NO3.C15H17NO.C10H18O5.ClH/c1-20(2,3)24-19(23)21-18(14-22)13-15-9-11-17(12-10-15)16-7-5-4-6-8-16;16-15(11-17)10-12-6-8-14(9-7-12)13-4-2-1-3-5-13;1-9(2,3)14-7(11)13-8(12)15-10(4,5)6;/h4-12,18,22H,13-14H2,1-3H3,(H,21,23);1-9,15,17H,10-11,16H2;1-6H3;1H/t18-;15-;;/m11../s1. The summed E-state index contributed by atoms with van der Waals surface area (Å²) in [6.45, 7) is 15.3. The third kappa shape index (κ3) is 22.4. The van der Waals surface area contributed by atoms with Crippen molar-refractivity contribution < 1.29 is 43.5 Å². The number of rotatable bonds is 9. The maximum Gasteiger partial charge on any atom is 0.519 e. The number of benzene rings is 4. The number of nitrogens with two attached hydrogens (primary N) is 1. The summed E-state index contributed by atoms with van der Waals surface area (Å²) in [5.74, 6) is 0. The van der Waals surface area contributed by atoms with Crippen molar-refractivity contribution in [2.45, 2.75) is 104 Å². The Morgan fingerprint density at radius 2 is 0.895 bits per heavy atom. The van der Waals surface area contributed by atoms with E-state index >= 15 is 0 Å². The fourth-order valence-electron chi connectivity index (χ4n) is 4.82. The maximum atomic E-state index is 11.8. The third-order valence-corrected chi connectivity index (χ3v) is 7.22. The smallest absolute Gasteiger partial charge is 0.444 e. The van der Waals surface area contributed by atoms with Gasteiger partial charge in [0.05, 0.1) is 19.3 Å². The summed E-state index contributed by atoms with van der Waals surface area (Å²) < 4.78 is 19.0. The maximum absolute atomic E-state index is 11.8. The molecule has 0 aromatic heterocycles. The van der Waals surface area contributed by atoms with Crippen LogP contribution in [0.3, 0.4) is 0 Å². The van der Waals surface area contributed by atoms with Gasteiger partial charge in [0.25, 0.3) is 0 Å². The molecule has 5 N–H and O–H groups in total. The van der Waals surface area contributed by atoms with E-state index in [1.807, 2.05) is 81.4 Å². The lowest BCUT2D eigenvalue weighted by Crippen LogP contribution is -2.42. The van der Waals surface area contributed by atoms with Crippen molar-refractivity contribution in [2.24, 2.45) is 5.73 Å². The van der Waals surface area contributed by atoms with Crippen molar-refractivity contribution in [1.29, 1.82) is 0 Å². The van der Waals surface area contributed by atoms with Crippen molar-refractivity contribution in [3.05, 3.63) is 120 Å². The average Bonchev–Trinajstić information content (AvgIpc) is 3.10. The Morgan fingerprint density at radius 3 is 1.23 bits per heavy atom.